The third-order valence-electron chi connectivity index (χ3n) is 4.14. The lowest BCUT2D eigenvalue weighted by Crippen LogP contribution is -2.22. The summed E-state index contributed by atoms with van der Waals surface area (Å²) in [7, 11) is 0. The first-order chi connectivity index (χ1) is 10.2. The van der Waals surface area contributed by atoms with Crippen molar-refractivity contribution in [3.63, 3.8) is 0 Å². The first-order valence-corrected chi connectivity index (χ1v) is 7.87. The van der Waals surface area contributed by atoms with Crippen molar-refractivity contribution in [1.82, 2.24) is 5.32 Å². The topological polar surface area (TPSA) is 12.0 Å². The van der Waals surface area contributed by atoms with Crippen molar-refractivity contribution < 1.29 is 4.39 Å². The van der Waals surface area contributed by atoms with Gasteiger partial charge in [0, 0.05) is 5.02 Å². The number of benzene rings is 2. The highest BCUT2D eigenvalue weighted by molar-refractivity contribution is 6.31. The Kier molecular flexibility index (Phi) is 4.27. The molecule has 0 saturated carbocycles. The molecule has 2 aromatic rings. The van der Waals surface area contributed by atoms with Gasteiger partial charge in [-0.2, -0.15) is 0 Å². The van der Waals surface area contributed by atoms with Crippen molar-refractivity contribution in [3.8, 4) is 0 Å². The van der Waals surface area contributed by atoms with E-state index in [2.05, 4.69) is 30.4 Å². The summed E-state index contributed by atoms with van der Waals surface area (Å²) in [5.74, 6) is -0.298. The zero-order valence-corrected chi connectivity index (χ0v) is 12.9. The predicted octanol–water partition coefficient (Wildman–Crippen LogP) is 4.67. The minimum atomic E-state index is -0.298. The van der Waals surface area contributed by atoms with E-state index in [1.807, 2.05) is 0 Å². The number of hydrogen-bond acceptors (Lipinski definition) is 1. The van der Waals surface area contributed by atoms with E-state index >= 15 is 0 Å². The molecule has 1 aliphatic rings. The van der Waals surface area contributed by atoms with Crippen LogP contribution < -0.4 is 5.32 Å². The van der Waals surface area contributed by atoms with Crippen LogP contribution >= 0.6 is 11.6 Å². The third kappa shape index (κ3) is 2.97. The molecule has 0 aromatic heterocycles. The molecule has 1 nitrogen and oxygen atoms in total. The summed E-state index contributed by atoms with van der Waals surface area (Å²) in [6, 6.07) is 11.3. The highest BCUT2D eigenvalue weighted by Gasteiger charge is 2.19. The Morgan fingerprint density at radius 3 is 2.71 bits per heavy atom. The van der Waals surface area contributed by atoms with Crippen LogP contribution in [0.4, 0.5) is 4.39 Å². The molecule has 2 aromatic carbocycles. The second-order valence-electron chi connectivity index (χ2n) is 5.54. The Labute approximate surface area is 130 Å². The van der Waals surface area contributed by atoms with Gasteiger partial charge in [0.05, 0.1) is 6.04 Å². The lowest BCUT2D eigenvalue weighted by molar-refractivity contribution is 0.613. The molecular formula is C18H19ClFN. The smallest absolute Gasteiger partial charge is 0.124 e. The van der Waals surface area contributed by atoms with Crippen LogP contribution in [0, 0.1) is 5.82 Å². The summed E-state index contributed by atoms with van der Waals surface area (Å²) in [5.41, 5.74) is 5.02. The molecule has 1 aliphatic carbocycles. The van der Waals surface area contributed by atoms with E-state index in [-0.39, 0.29) is 11.9 Å². The number of fused-ring (bicyclic) bond motifs is 1. The quantitative estimate of drug-likeness (QED) is 0.865. The SMILES string of the molecule is CCNC(c1ccc2c(c1)CCC2)c1ccc(F)cc1Cl. The Morgan fingerprint density at radius 2 is 1.95 bits per heavy atom. The third-order valence-corrected chi connectivity index (χ3v) is 4.46. The molecule has 110 valence electrons. The molecule has 0 spiro atoms. The zero-order chi connectivity index (χ0) is 14.8. The molecule has 3 heteroatoms. The normalized spacial score (nSPS) is 15.0. The van der Waals surface area contributed by atoms with E-state index in [1.54, 1.807) is 6.07 Å². The van der Waals surface area contributed by atoms with E-state index in [0.717, 1.165) is 18.5 Å². The molecule has 1 unspecified atom stereocenters. The van der Waals surface area contributed by atoms with E-state index in [0.29, 0.717) is 5.02 Å². The predicted molar refractivity (Wildman–Crippen MR) is 85.4 cm³/mol. The van der Waals surface area contributed by atoms with Crippen molar-refractivity contribution in [2.45, 2.75) is 32.2 Å². The van der Waals surface area contributed by atoms with Gasteiger partial charge in [-0.15, -0.1) is 0 Å². The van der Waals surface area contributed by atoms with Gasteiger partial charge in [-0.3, -0.25) is 0 Å². The fraction of sp³-hybridized carbons (Fsp3) is 0.333. The van der Waals surface area contributed by atoms with Crippen molar-refractivity contribution in [2.75, 3.05) is 6.54 Å². The Bertz CT molecular complexity index is 654. The van der Waals surface area contributed by atoms with E-state index in [1.165, 1.54) is 41.7 Å². The summed E-state index contributed by atoms with van der Waals surface area (Å²) >= 11 is 6.25. The largest absolute Gasteiger partial charge is 0.306 e. The molecular weight excluding hydrogens is 285 g/mol. The van der Waals surface area contributed by atoms with Crippen molar-refractivity contribution in [1.29, 1.82) is 0 Å². The van der Waals surface area contributed by atoms with Crippen LogP contribution in [-0.4, -0.2) is 6.54 Å². The summed E-state index contributed by atoms with van der Waals surface area (Å²) in [6.07, 6.45) is 3.57. The number of rotatable bonds is 4. The first-order valence-electron chi connectivity index (χ1n) is 7.49. The molecule has 21 heavy (non-hydrogen) atoms. The van der Waals surface area contributed by atoms with Gasteiger partial charge in [0.15, 0.2) is 0 Å². The number of nitrogens with one attached hydrogen (secondary N) is 1. The van der Waals surface area contributed by atoms with E-state index in [4.69, 9.17) is 11.6 Å². The first kappa shape index (κ1) is 14.6. The van der Waals surface area contributed by atoms with Gasteiger partial charge < -0.3 is 5.32 Å². The van der Waals surface area contributed by atoms with Gasteiger partial charge in [0.1, 0.15) is 5.82 Å². The molecule has 0 heterocycles. The Hall–Kier alpha value is -1.38. The van der Waals surface area contributed by atoms with Crippen LogP contribution in [0.5, 0.6) is 0 Å². The molecule has 0 saturated heterocycles. The minimum Gasteiger partial charge on any atom is -0.306 e. The second kappa shape index (κ2) is 6.17. The van der Waals surface area contributed by atoms with Crippen molar-refractivity contribution >= 4 is 11.6 Å². The summed E-state index contributed by atoms with van der Waals surface area (Å²) in [4.78, 5) is 0. The van der Waals surface area contributed by atoms with Crippen molar-refractivity contribution in [2.24, 2.45) is 0 Å². The summed E-state index contributed by atoms with van der Waals surface area (Å²) in [6.45, 7) is 2.90. The van der Waals surface area contributed by atoms with Crippen LogP contribution in [0.25, 0.3) is 0 Å². The molecule has 0 bridgehead atoms. The molecule has 0 aliphatic heterocycles. The van der Waals surface area contributed by atoms with Crippen LogP contribution in [0.15, 0.2) is 36.4 Å². The van der Waals surface area contributed by atoms with Crippen LogP contribution in [0.2, 0.25) is 5.02 Å². The standard InChI is InChI=1S/C18H19ClFN/c1-2-21-18(16-9-8-15(20)11-17(16)19)14-7-6-12-4-3-5-13(12)10-14/h6-11,18,21H,2-5H2,1H3. The summed E-state index contributed by atoms with van der Waals surface area (Å²) < 4.78 is 13.3. The van der Waals surface area contributed by atoms with E-state index in [9.17, 15) is 4.39 Å². The highest BCUT2D eigenvalue weighted by Crippen LogP contribution is 2.32. The average molecular weight is 304 g/mol. The molecule has 0 radical (unpaired) electrons. The van der Waals surface area contributed by atoms with Gasteiger partial charge >= 0.3 is 0 Å². The van der Waals surface area contributed by atoms with Crippen LogP contribution in [0.1, 0.15) is 41.6 Å². The zero-order valence-electron chi connectivity index (χ0n) is 12.1. The molecule has 3 rings (SSSR count). The Balaban J connectivity index is 2.01. The molecule has 0 fully saturated rings. The molecule has 1 atom stereocenters. The maximum Gasteiger partial charge on any atom is 0.124 e. The lowest BCUT2D eigenvalue weighted by atomic mass is 9.95. The van der Waals surface area contributed by atoms with Gasteiger partial charge in [-0.1, -0.05) is 42.8 Å². The maximum absolute atomic E-state index is 13.3. The molecule has 0 amide bonds. The number of halogens is 2. The Morgan fingerprint density at radius 1 is 1.14 bits per heavy atom. The maximum atomic E-state index is 13.3. The second-order valence-corrected chi connectivity index (χ2v) is 5.95. The number of hydrogen-bond donors (Lipinski definition) is 1. The van der Waals surface area contributed by atoms with Gasteiger partial charge in [0.2, 0.25) is 0 Å². The van der Waals surface area contributed by atoms with Crippen molar-refractivity contribution in [3.05, 3.63) is 69.5 Å². The molecule has 1 N–H and O–H groups in total. The fourth-order valence-corrected chi connectivity index (χ4v) is 3.39. The van der Waals surface area contributed by atoms with E-state index < -0.39 is 0 Å². The monoisotopic (exact) mass is 303 g/mol. The van der Waals surface area contributed by atoms with Gasteiger partial charge in [-0.05, 0) is 60.2 Å². The minimum absolute atomic E-state index is 0.00833. The average Bonchev–Trinajstić information content (AvgIpc) is 2.93. The van der Waals surface area contributed by atoms with Gasteiger partial charge in [0.25, 0.3) is 0 Å². The number of aryl methyl sites for hydroxylation is 2. The summed E-state index contributed by atoms with van der Waals surface area (Å²) in [5, 5.41) is 3.93. The highest BCUT2D eigenvalue weighted by atomic mass is 35.5. The van der Waals surface area contributed by atoms with Crippen LogP contribution in [0.3, 0.4) is 0 Å². The lowest BCUT2D eigenvalue weighted by Gasteiger charge is -2.21. The van der Waals surface area contributed by atoms with Gasteiger partial charge in [-0.25, -0.2) is 4.39 Å². The van der Waals surface area contributed by atoms with Crippen LogP contribution in [-0.2, 0) is 12.8 Å². The fourth-order valence-electron chi connectivity index (χ4n) is 3.12.